The van der Waals surface area contributed by atoms with Gasteiger partial charge in [-0.3, -0.25) is 9.59 Å². The minimum absolute atomic E-state index is 0.0483. The fourth-order valence-corrected chi connectivity index (χ4v) is 3.34. The first kappa shape index (κ1) is 17.9. The normalized spacial score (nSPS) is 11.7. The lowest BCUT2D eigenvalue weighted by Crippen LogP contribution is -2.41. The van der Waals surface area contributed by atoms with Gasteiger partial charge >= 0.3 is 11.9 Å². The molecule has 7 nitrogen and oxygen atoms in total. The highest BCUT2D eigenvalue weighted by Crippen LogP contribution is 2.27. The molecule has 0 aromatic heterocycles. The number of carboxylic acids is 2. The van der Waals surface area contributed by atoms with Gasteiger partial charge in [0.2, 0.25) is 0 Å². The van der Waals surface area contributed by atoms with Crippen LogP contribution in [0.15, 0.2) is 12.1 Å². The van der Waals surface area contributed by atoms with Gasteiger partial charge in [-0.2, -0.15) is 0 Å². The quantitative estimate of drug-likeness (QED) is 0.425. The molecule has 0 spiro atoms. The van der Waals surface area contributed by atoms with E-state index in [0.717, 1.165) is 0 Å². The minimum Gasteiger partial charge on any atom is -0.506 e. The Labute approximate surface area is 147 Å². The van der Waals surface area contributed by atoms with E-state index < -0.39 is 23.9 Å². The van der Waals surface area contributed by atoms with Crippen LogP contribution in [0.3, 0.4) is 0 Å². The van der Waals surface area contributed by atoms with Gasteiger partial charge in [0.25, 0.3) is 5.91 Å². The van der Waals surface area contributed by atoms with Crippen LogP contribution in [0, 0.1) is 7.14 Å². The summed E-state index contributed by atoms with van der Waals surface area (Å²) in [5, 5.41) is 29.6. The fourth-order valence-electron chi connectivity index (χ4n) is 1.50. The molecule has 4 N–H and O–H groups in total. The van der Waals surface area contributed by atoms with Crippen molar-refractivity contribution < 1.29 is 29.7 Å². The number of hydrogen-bond donors (Lipinski definition) is 4. The molecule has 1 atom stereocenters. The van der Waals surface area contributed by atoms with E-state index in [1.165, 1.54) is 6.07 Å². The fraction of sp³-hybridized carbons (Fsp3) is 0.250. The molecule has 9 heteroatoms. The third-order valence-corrected chi connectivity index (χ3v) is 3.97. The maximum absolute atomic E-state index is 12.0. The Kier molecular flexibility index (Phi) is 6.64. The standard InChI is InChI=1S/C12H11I2NO6/c13-5-3-6(10(18)7(14)4-5)11(19)15-8(12(20)21)1-2-9(16)17/h3-4,8,18H,1-2H2,(H,15,19)(H,16,17)(H,20,21)/t8-/m0/s1. The van der Waals surface area contributed by atoms with Crippen molar-refractivity contribution in [1.29, 1.82) is 0 Å². The molecule has 0 aliphatic heterocycles. The third-order valence-electron chi connectivity index (χ3n) is 2.52. The van der Waals surface area contributed by atoms with Crippen molar-refractivity contribution in [2.24, 2.45) is 0 Å². The summed E-state index contributed by atoms with van der Waals surface area (Å²) in [7, 11) is 0. The highest BCUT2D eigenvalue weighted by molar-refractivity contribution is 14.1. The van der Waals surface area contributed by atoms with E-state index in [1.807, 2.05) is 45.2 Å². The molecule has 0 radical (unpaired) electrons. The first-order chi connectivity index (χ1) is 9.72. The van der Waals surface area contributed by atoms with Gasteiger partial charge in [-0.15, -0.1) is 0 Å². The van der Waals surface area contributed by atoms with Crippen LogP contribution >= 0.6 is 45.2 Å². The van der Waals surface area contributed by atoms with Gasteiger partial charge in [0.1, 0.15) is 11.8 Å². The molecule has 0 saturated heterocycles. The number of hydrogen-bond acceptors (Lipinski definition) is 4. The molecule has 0 aliphatic carbocycles. The van der Waals surface area contributed by atoms with Gasteiger partial charge in [-0.1, -0.05) is 0 Å². The molecule has 1 amide bonds. The first-order valence-electron chi connectivity index (χ1n) is 5.66. The molecule has 0 fully saturated rings. The van der Waals surface area contributed by atoms with Gasteiger partial charge in [0.15, 0.2) is 0 Å². The molecule has 21 heavy (non-hydrogen) atoms. The third kappa shape index (κ3) is 5.30. The first-order valence-corrected chi connectivity index (χ1v) is 7.81. The summed E-state index contributed by atoms with van der Waals surface area (Å²) in [5.41, 5.74) is -0.0483. The summed E-state index contributed by atoms with van der Waals surface area (Å²) in [4.78, 5) is 33.5. The summed E-state index contributed by atoms with van der Waals surface area (Å²) in [6.45, 7) is 0. The predicted molar refractivity (Wildman–Crippen MR) is 89.3 cm³/mol. The molecule has 1 rings (SSSR count). The van der Waals surface area contributed by atoms with Crippen LogP contribution in [0.4, 0.5) is 0 Å². The number of aromatic hydroxyl groups is 1. The van der Waals surface area contributed by atoms with E-state index in [4.69, 9.17) is 10.2 Å². The molecule has 114 valence electrons. The van der Waals surface area contributed by atoms with E-state index >= 15 is 0 Å². The number of phenolic OH excluding ortho intramolecular Hbond substituents is 1. The summed E-state index contributed by atoms with van der Waals surface area (Å²) in [5.74, 6) is -3.48. The Morgan fingerprint density at radius 3 is 2.33 bits per heavy atom. The van der Waals surface area contributed by atoms with Crippen LogP contribution < -0.4 is 5.32 Å². The smallest absolute Gasteiger partial charge is 0.326 e. The van der Waals surface area contributed by atoms with E-state index in [2.05, 4.69) is 5.32 Å². The minimum atomic E-state index is -1.33. The number of aliphatic carboxylic acids is 2. The molecular weight excluding hydrogens is 508 g/mol. The number of rotatable bonds is 6. The summed E-state index contributed by atoms with van der Waals surface area (Å²) >= 11 is 3.82. The number of carbonyl (C=O) groups excluding carboxylic acids is 1. The number of amides is 1. The van der Waals surface area contributed by atoms with Crippen molar-refractivity contribution in [3.05, 3.63) is 24.8 Å². The molecule has 1 aromatic carbocycles. The van der Waals surface area contributed by atoms with Crippen LogP contribution in [-0.4, -0.2) is 39.2 Å². The molecule has 0 aliphatic rings. The lowest BCUT2D eigenvalue weighted by Gasteiger charge is -2.14. The molecular formula is C12H11I2NO6. The molecule has 0 bridgehead atoms. The zero-order valence-electron chi connectivity index (χ0n) is 10.5. The molecule has 1 aromatic rings. The maximum Gasteiger partial charge on any atom is 0.326 e. The van der Waals surface area contributed by atoms with E-state index in [1.54, 1.807) is 6.07 Å². The Bertz CT molecular complexity index is 589. The van der Waals surface area contributed by atoms with E-state index in [-0.39, 0.29) is 24.2 Å². The van der Waals surface area contributed by atoms with Crippen molar-refractivity contribution >= 4 is 63.0 Å². The number of benzene rings is 1. The Morgan fingerprint density at radius 1 is 1.19 bits per heavy atom. The topological polar surface area (TPSA) is 124 Å². The number of carbonyl (C=O) groups is 3. The number of phenols is 1. The second-order valence-electron chi connectivity index (χ2n) is 4.08. The van der Waals surface area contributed by atoms with Crippen molar-refractivity contribution in [2.75, 3.05) is 0 Å². The Hall–Kier alpha value is -1.11. The van der Waals surface area contributed by atoms with Crippen molar-refractivity contribution in [3.63, 3.8) is 0 Å². The summed E-state index contributed by atoms with van der Waals surface area (Å²) in [6.07, 6.45) is -0.620. The van der Waals surface area contributed by atoms with Crippen LogP contribution in [0.1, 0.15) is 23.2 Å². The summed E-state index contributed by atoms with van der Waals surface area (Å²) in [6, 6.07) is 1.75. The van der Waals surface area contributed by atoms with Crippen LogP contribution in [0.25, 0.3) is 0 Å². The van der Waals surface area contributed by atoms with Gasteiger partial charge in [-0.05, 0) is 63.7 Å². The lowest BCUT2D eigenvalue weighted by molar-refractivity contribution is -0.140. The molecule has 0 heterocycles. The second kappa shape index (κ2) is 7.77. The highest BCUT2D eigenvalue weighted by Gasteiger charge is 2.23. The average Bonchev–Trinajstić information content (AvgIpc) is 2.37. The Balaban J connectivity index is 2.92. The SMILES string of the molecule is O=C(O)CC[C@H](NC(=O)c1cc(I)cc(I)c1O)C(=O)O. The molecule has 0 saturated carbocycles. The van der Waals surface area contributed by atoms with E-state index in [9.17, 15) is 19.5 Å². The lowest BCUT2D eigenvalue weighted by atomic mass is 10.1. The second-order valence-corrected chi connectivity index (χ2v) is 6.49. The van der Waals surface area contributed by atoms with Crippen LogP contribution in [0.5, 0.6) is 5.75 Å². The number of carboxylic acid groups (broad SMARTS) is 2. The van der Waals surface area contributed by atoms with E-state index in [0.29, 0.717) is 7.14 Å². The molecule has 0 unspecified atom stereocenters. The Morgan fingerprint density at radius 2 is 1.81 bits per heavy atom. The number of nitrogens with one attached hydrogen (secondary N) is 1. The van der Waals surface area contributed by atoms with Gasteiger partial charge in [0, 0.05) is 9.99 Å². The van der Waals surface area contributed by atoms with Crippen LogP contribution in [0.2, 0.25) is 0 Å². The maximum atomic E-state index is 12.0. The largest absolute Gasteiger partial charge is 0.506 e. The van der Waals surface area contributed by atoms with Crippen molar-refractivity contribution in [1.82, 2.24) is 5.32 Å². The van der Waals surface area contributed by atoms with Gasteiger partial charge in [-0.25, -0.2) is 4.79 Å². The van der Waals surface area contributed by atoms with Gasteiger partial charge < -0.3 is 20.6 Å². The summed E-state index contributed by atoms with van der Waals surface area (Å²) < 4.78 is 1.17. The van der Waals surface area contributed by atoms with Crippen molar-refractivity contribution in [2.45, 2.75) is 18.9 Å². The zero-order chi connectivity index (χ0) is 16.2. The number of halogens is 2. The zero-order valence-corrected chi connectivity index (χ0v) is 14.8. The van der Waals surface area contributed by atoms with Crippen molar-refractivity contribution in [3.8, 4) is 5.75 Å². The monoisotopic (exact) mass is 519 g/mol. The average molecular weight is 519 g/mol. The highest BCUT2D eigenvalue weighted by atomic mass is 127. The van der Waals surface area contributed by atoms with Gasteiger partial charge in [0.05, 0.1) is 9.13 Å². The predicted octanol–water partition coefficient (Wildman–Crippen LogP) is 1.65. The van der Waals surface area contributed by atoms with Crippen LogP contribution in [-0.2, 0) is 9.59 Å².